The third-order valence-electron chi connectivity index (χ3n) is 1.34. The summed E-state index contributed by atoms with van der Waals surface area (Å²) in [5, 5.41) is 0. The maximum absolute atomic E-state index is 10.4. The predicted molar refractivity (Wildman–Crippen MR) is 43.6 cm³/mol. The number of carbonyl (C=O) groups excluding carboxylic acids is 1. The highest BCUT2D eigenvalue weighted by Crippen LogP contribution is 2.15. The van der Waals surface area contributed by atoms with Gasteiger partial charge in [0.15, 0.2) is 5.75 Å². The van der Waals surface area contributed by atoms with E-state index in [4.69, 9.17) is 4.89 Å². The molecule has 3 nitrogen and oxygen atoms in total. The molecule has 0 aromatic heterocycles. The van der Waals surface area contributed by atoms with E-state index in [2.05, 4.69) is 4.89 Å². The molecular formula is C9H10O3. The first-order valence-electron chi connectivity index (χ1n) is 3.61. The Labute approximate surface area is 70.8 Å². The monoisotopic (exact) mass is 166 g/mol. The molecule has 64 valence electrons. The van der Waals surface area contributed by atoms with Crippen molar-refractivity contribution >= 4 is 5.97 Å². The van der Waals surface area contributed by atoms with Crippen LogP contribution in [0.5, 0.6) is 5.75 Å². The van der Waals surface area contributed by atoms with E-state index in [9.17, 15) is 4.79 Å². The molecule has 1 rings (SSSR count). The van der Waals surface area contributed by atoms with Crippen LogP contribution in [0.15, 0.2) is 24.3 Å². The SMILES string of the molecule is CC(=O)OOc1ccccc1C. The summed E-state index contributed by atoms with van der Waals surface area (Å²) in [6.07, 6.45) is 0. The molecule has 0 aliphatic carbocycles. The molecule has 0 saturated heterocycles. The number of rotatable bonds is 2. The topological polar surface area (TPSA) is 35.5 Å². The maximum Gasteiger partial charge on any atom is 0.352 e. The van der Waals surface area contributed by atoms with Gasteiger partial charge in [0.05, 0.1) is 0 Å². The second-order valence-electron chi connectivity index (χ2n) is 2.42. The van der Waals surface area contributed by atoms with Gasteiger partial charge in [-0.3, -0.25) is 9.78 Å². The molecule has 1 aromatic rings. The number of aryl methyl sites for hydroxylation is 1. The minimum absolute atomic E-state index is 0.460. The Morgan fingerprint density at radius 2 is 2.00 bits per heavy atom. The summed E-state index contributed by atoms with van der Waals surface area (Å²) >= 11 is 0. The van der Waals surface area contributed by atoms with Crippen LogP contribution >= 0.6 is 0 Å². The Kier molecular flexibility index (Phi) is 2.69. The summed E-state index contributed by atoms with van der Waals surface area (Å²) in [7, 11) is 0. The zero-order chi connectivity index (χ0) is 8.97. The van der Waals surface area contributed by atoms with Crippen molar-refractivity contribution < 1.29 is 14.6 Å². The van der Waals surface area contributed by atoms with Crippen molar-refractivity contribution in [3.8, 4) is 5.75 Å². The second-order valence-corrected chi connectivity index (χ2v) is 2.42. The lowest BCUT2D eigenvalue weighted by Gasteiger charge is -2.03. The van der Waals surface area contributed by atoms with Gasteiger partial charge in [-0.05, 0) is 18.6 Å². The molecule has 0 atom stereocenters. The summed E-state index contributed by atoms with van der Waals surface area (Å²) in [5.41, 5.74) is 0.929. The molecular weight excluding hydrogens is 156 g/mol. The van der Waals surface area contributed by atoms with Crippen LogP contribution in [0.25, 0.3) is 0 Å². The number of carbonyl (C=O) groups is 1. The minimum Gasteiger partial charge on any atom is -0.287 e. The van der Waals surface area contributed by atoms with E-state index in [0.717, 1.165) is 5.56 Å². The second kappa shape index (κ2) is 3.76. The summed E-state index contributed by atoms with van der Waals surface area (Å²) < 4.78 is 0. The first-order chi connectivity index (χ1) is 5.70. The van der Waals surface area contributed by atoms with Crippen LogP contribution in [0.2, 0.25) is 0 Å². The van der Waals surface area contributed by atoms with Crippen LogP contribution in [0, 0.1) is 6.92 Å². The van der Waals surface area contributed by atoms with E-state index in [1.54, 1.807) is 6.07 Å². The van der Waals surface area contributed by atoms with E-state index < -0.39 is 5.97 Å². The molecule has 3 heteroatoms. The average molecular weight is 166 g/mol. The van der Waals surface area contributed by atoms with Crippen molar-refractivity contribution in [3.05, 3.63) is 29.8 Å². The first kappa shape index (κ1) is 8.59. The predicted octanol–water partition coefficient (Wildman–Crippen LogP) is 1.85. The third kappa shape index (κ3) is 2.27. The van der Waals surface area contributed by atoms with Gasteiger partial charge in [-0.2, -0.15) is 0 Å². The zero-order valence-corrected chi connectivity index (χ0v) is 7.03. The molecule has 0 aliphatic heterocycles. The van der Waals surface area contributed by atoms with E-state index in [1.165, 1.54) is 6.92 Å². The van der Waals surface area contributed by atoms with Crippen molar-refractivity contribution in [1.29, 1.82) is 0 Å². The highest BCUT2D eigenvalue weighted by atomic mass is 17.2. The van der Waals surface area contributed by atoms with E-state index >= 15 is 0 Å². The summed E-state index contributed by atoms with van der Waals surface area (Å²) in [6, 6.07) is 7.30. The third-order valence-corrected chi connectivity index (χ3v) is 1.34. The summed E-state index contributed by atoms with van der Waals surface area (Å²) in [4.78, 5) is 19.5. The lowest BCUT2D eigenvalue weighted by Crippen LogP contribution is -2.03. The lowest BCUT2D eigenvalue weighted by atomic mass is 10.2. The molecule has 0 fully saturated rings. The van der Waals surface area contributed by atoms with Gasteiger partial charge in [0, 0.05) is 6.92 Å². The summed E-state index contributed by atoms with van der Waals surface area (Å²) in [6.45, 7) is 3.16. The highest BCUT2D eigenvalue weighted by Gasteiger charge is 2.00. The Morgan fingerprint density at radius 3 is 2.58 bits per heavy atom. The van der Waals surface area contributed by atoms with Crippen LogP contribution < -0.4 is 4.89 Å². The van der Waals surface area contributed by atoms with Crippen LogP contribution in [0.4, 0.5) is 0 Å². The van der Waals surface area contributed by atoms with Crippen LogP contribution in [0.3, 0.4) is 0 Å². The largest absolute Gasteiger partial charge is 0.352 e. The fourth-order valence-electron chi connectivity index (χ4n) is 0.753. The van der Waals surface area contributed by atoms with Gasteiger partial charge >= 0.3 is 5.97 Å². The number of benzene rings is 1. The van der Waals surface area contributed by atoms with Crippen molar-refractivity contribution in [2.24, 2.45) is 0 Å². The minimum atomic E-state index is -0.460. The molecule has 0 heterocycles. The number of hydrogen-bond donors (Lipinski definition) is 0. The van der Waals surface area contributed by atoms with Gasteiger partial charge in [0.2, 0.25) is 0 Å². The molecule has 0 unspecified atom stereocenters. The molecule has 0 amide bonds. The van der Waals surface area contributed by atoms with E-state index in [1.807, 2.05) is 25.1 Å². The Morgan fingerprint density at radius 1 is 1.33 bits per heavy atom. The van der Waals surface area contributed by atoms with Crippen LogP contribution in [-0.2, 0) is 9.68 Å². The molecule has 0 radical (unpaired) electrons. The van der Waals surface area contributed by atoms with Gasteiger partial charge in [-0.25, -0.2) is 4.79 Å². The Balaban J connectivity index is 2.63. The number of para-hydroxylation sites is 1. The van der Waals surface area contributed by atoms with Crippen molar-refractivity contribution in [1.82, 2.24) is 0 Å². The highest BCUT2D eigenvalue weighted by molar-refractivity contribution is 5.65. The van der Waals surface area contributed by atoms with Gasteiger partial charge in [0.1, 0.15) is 0 Å². The van der Waals surface area contributed by atoms with E-state index in [0.29, 0.717) is 5.75 Å². The van der Waals surface area contributed by atoms with Crippen molar-refractivity contribution in [2.45, 2.75) is 13.8 Å². The standard InChI is InChI=1S/C9H10O3/c1-7-5-3-4-6-9(7)12-11-8(2)10/h3-6H,1-2H3. The molecule has 0 aliphatic rings. The zero-order valence-electron chi connectivity index (χ0n) is 7.03. The van der Waals surface area contributed by atoms with Gasteiger partial charge in [0.25, 0.3) is 0 Å². The van der Waals surface area contributed by atoms with Gasteiger partial charge in [-0.1, -0.05) is 18.2 Å². The maximum atomic E-state index is 10.4. The smallest absolute Gasteiger partial charge is 0.287 e. The molecule has 0 N–H and O–H groups in total. The normalized spacial score (nSPS) is 9.17. The van der Waals surface area contributed by atoms with Gasteiger partial charge < -0.3 is 0 Å². The number of hydrogen-bond acceptors (Lipinski definition) is 3. The van der Waals surface area contributed by atoms with Crippen molar-refractivity contribution in [3.63, 3.8) is 0 Å². The molecule has 0 saturated carbocycles. The van der Waals surface area contributed by atoms with Crippen molar-refractivity contribution in [2.75, 3.05) is 0 Å². The summed E-state index contributed by atoms with van der Waals surface area (Å²) in [5.74, 6) is 0.103. The fraction of sp³-hybridized carbons (Fsp3) is 0.222. The fourth-order valence-corrected chi connectivity index (χ4v) is 0.753. The molecule has 0 bridgehead atoms. The quantitative estimate of drug-likeness (QED) is 0.497. The Hall–Kier alpha value is -1.51. The van der Waals surface area contributed by atoms with Crippen LogP contribution in [0.1, 0.15) is 12.5 Å². The molecule has 0 spiro atoms. The van der Waals surface area contributed by atoms with Crippen LogP contribution in [-0.4, -0.2) is 5.97 Å². The van der Waals surface area contributed by atoms with Gasteiger partial charge in [-0.15, -0.1) is 0 Å². The van der Waals surface area contributed by atoms with E-state index in [-0.39, 0.29) is 0 Å². The first-order valence-corrected chi connectivity index (χ1v) is 3.61. The Bertz CT molecular complexity index is 281. The lowest BCUT2D eigenvalue weighted by molar-refractivity contribution is -0.211. The average Bonchev–Trinajstić information content (AvgIpc) is 2.03. The molecule has 1 aromatic carbocycles. The molecule has 12 heavy (non-hydrogen) atoms.